The van der Waals surface area contributed by atoms with Gasteiger partial charge in [0, 0.05) is 51.6 Å². The molecule has 0 bridgehead atoms. The minimum atomic E-state index is -2.55. The summed E-state index contributed by atoms with van der Waals surface area (Å²) in [6, 6.07) is 16.1. The minimum Gasteiger partial charge on any atom is -0.512 e. The van der Waals surface area contributed by atoms with Crippen molar-refractivity contribution in [2.75, 3.05) is 0 Å². The van der Waals surface area contributed by atoms with Crippen molar-refractivity contribution >= 4 is 27.3 Å². The van der Waals surface area contributed by atoms with Crippen LogP contribution in [-0.2, 0) is 24.9 Å². The maximum atomic E-state index is 14.5. The molecule has 1 radical (unpaired) electrons. The molecule has 3 aromatic carbocycles. The van der Waals surface area contributed by atoms with Crippen LogP contribution in [0.15, 0.2) is 66.6 Å². The van der Waals surface area contributed by atoms with E-state index in [-0.39, 0.29) is 65.9 Å². The molecule has 0 aliphatic rings. The number of ketones is 1. The molecule has 0 saturated carbocycles. The van der Waals surface area contributed by atoms with Gasteiger partial charge in [0.05, 0.1) is 12.0 Å². The Morgan fingerprint density at radius 1 is 1.00 bits per heavy atom. The monoisotopic (exact) mass is 711 g/mol. The average molecular weight is 711 g/mol. The van der Waals surface area contributed by atoms with E-state index in [0.29, 0.717) is 10.8 Å². The fraction of sp³-hybridized carbons (Fsp3) is 0.353. The summed E-state index contributed by atoms with van der Waals surface area (Å²) < 4.78 is 60.7. The molecule has 4 rings (SSSR count). The molecule has 209 valence electrons. The summed E-state index contributed by atoms with van der Waals surface area (Å²) in [5.74, 6) is 0.0312. The minimum absolute atomic E-state index is 0. The largest absolute Gasteiger partial charge is 0.512 e. The molecule has 0 fully saturated rings. The first-order valence-electron chi connectivity index (χ1n) is 16.1. The molecule has 0 aliphatic heterocycles. The topological polar surface area (TPSA) is 50.2 Å². The van der Waals surface area contributed by atoms with Crippen molar-refractivity contribution in [3.8, 4) is 11.3 Å². The van der Waals surface area contributed by atoms with Crippen LogP contribution in [0.3, 0.4) is 0 Å². The zero-order valence-electron chi connectivity index (χ0n) is 28.8. The van der Waals surface area contributed by atoms with Crippen LogP contribution >= 0.6 is 0 Å². The Morgan fingerprint density at radius 2 is 1.69 bits per heavy atom. The van der Waals surface area contributed by atoms with E-state index >= 15 is 0 Å². The number of carbonyl (C=O) groups excluding carboxylic acids is 1. The summed E-state index contributed by atoms with van der Waals surface area (Å²) in [7, 11) is 0. The first-order chi connectivity index (χ1) is 20.7. The zero-order valence-corrected chi connectivity index (χ0v) is 25.2. The van der Waals surface area contributed by atoms with E-state index in [1.54, 1.807) is 12.1 Å². The molecule has 5 heteroatoms. The average Bonchev–Trinajstić information content (AvgIpc) is 2.97. The molecule has 0 unspecified atom stereocenters. The fourth-order valence-electron chi connectivity index (χ4n) is 4.66. The van der Waals surface area contributed by atoms with Gasteiger partial charge in [0.1, 0.15) is 5.82 Å². The van der Waals surface area contributed by atoms with E-state index in [4.69, 9.17) is 8.22 Å². The van der Waals surface area contributed by atoms with Crippen LogP contribution in [-0.4, -0.2) is 15.9 Å². The summed E-state index contributed by atoms with van der Waals surface area (Å²) in [5, 5.41) is 12.2. The number of fused-ring (bicyclic) bond motifs is 3. The Labute approximate surface area is 254 Å². The number of allylic oxidation sites excluding steroid dienone is 2. The van der Waals surface area contributed by atoms with Gasteiger partial charge in [-0.25, -0.2) is 4.39 Å². The van der Waals surface area contributed by atoms with Gasteiger partial charge in [-0.05, 0) is 47.5 Å². The molecule has 4 aromatic rings. The van der Waals surface area contributed by atoms with Gasteiger partial charge in [-0.3, -0.25) is 4.79 Å². The second kappa shape index (κ2) is 15.1. The van der Waals surface area contributed by atoms with Crippen LogP contribution in [0.1, 0.15) is 72.7 Å². The van der Waals surface area contributed by atoms with E-state index < -0.39 is 19.5 Å². The number of aliphatic hydroxyl groups is 1. The number of pyridine rings is 1. The van der Waals surface area contributed by atoms with E-state index in [2.05, 4.69) is 11.1 Å². The second-order valence-electron chi connectivity index (χ2n) is 9.36. The first kappa shape index (κ1) is 24.0. The predicted octanol–water partition coefficient (Wildman–Crippen LogP) is 9.48. The number of hydrogen-bond acceptors (Lipinski definition) is 3. The fourth-order valence-corrected chi connectivity index (χ4v) is 4.66. The first-order valence-corrected chi connectivity index (χ1v) is 13.1. The summed E-state index contributed by atoms with van der Waals surface area (Å²) in [5.41, 5.74) is 0.137. The molecule has 0 amide bonds. The Balaban J connectivity index is 0.000000378. The van der Waals surface area contributed by atoms with Crippen molar-refractivity contribution in [1.29, 1.82) is 0 Å². The number of aliphatic hydroxyl groups excluding tert-OH is 1. The molecular weight excluding hydrogens is 666 g/mol. The number of hydrogen-bond donors (Lipinski definition) is 1. The Morgan fingerprint density at radius 3 is 2.33 bits per heavy atom. The van der Waals surface area contributed by atoms with Crippen LogP contribution < -0.4 is 0 Å². The molecule has 3 nitrogen and oxygen atoms in total. The third-order valence-corrected chi connectivity index (χ3v) is 6.94. The Bertz CT molecular complexity index is 1610. The standard InChI is InChI=1S/C21H15FN.C13H24O2.Ir/c1-13-9-14(2)11-16(10-13)21-20-17-6-4-3-5-15(17)7-8-18(20)19(22)12-23-21;1-5-10(6-2)12(14)9-13(15)11(7-3)8-4;/h3-10,12H,1-2H3;9-11,14H,5-8H2,1-4H3;/q-1;;/b;12-9-;/i1D3,2D3;;. The zero-order chi connectivity index (χ0) is 32.8. The van der Waals surface area contributed by atoms with Gasteiger partial charge in [0.25, 0.3) is 0 Å². The van der Waals surface area contributed by atoms with Gasteiger partial charge in [0.2, 0.25) is 0 Å². The van der Waals surface area contributed by atoms with Gasteiger partial charge in [-0.1, -0.05) is 77.8 Å². The van der Waals surface area contributed by atoms with Crippen LogP contribution in [0.4, 0.5) is 4.39 Å². The molecule has 1 N–H and O–H groups in total. The van der Waals surface area contributed by atoms with Gasteiger partial charge in [-0.2, -0.15) is 0 Å². The number of nitrogens with zero attached hydrogens (tertiary/aromatic N) is 1. The van der Waals surface area contributed by atoms with Crippen LogP contribution in [0.2, 0.25) is 0 Å². The summed E-state index contributed by atoms with van der Waals surface area (Å²) >= 11 is 0. The summed E-state index contributed by atoms with van der Waals surface area (Å²) in [4.78, 5) is 15.9. The SMILES string of the molecule is CCC(CC)C(=O)/C=C(\O)C(CC)CC.[2H]C([2H])([2H])c1[c-]c(-c2ncc(F)c3ccc4ccccc4c23)cc(C([2H])([2H])[2H])c1.[Ir]. The van der Waals surface area contributed by atoms with Crippen molar-refractivity contribution in [1.82, 2.24) is 4.98 Å². The maximum Gasteiger partial charge on any atom is 0.162 e. The number of benzene rings is 3. The molecule has 0 spiro atoms. The van der Waals surface area contributed by atoms with Crippen LogP contribution in [0, 0.1) is 37.4 Å². The van der Waals surface area contributed by atoms with Gasteiger partial charge < -0.3 is 10.1 Å². The normalized spacial score (nSPS) is 14.4. The van der Waals surface area contributed by atoms with Crippen molar-refractivity contribution in [3.63, 3.8) is 0 Å². The molecule has 0 atom stereocenters. The smallest absolute Gasteiger partial charge is 0.162 e. The Kier molecular flexibility index (Phi) is 9.25. The summed E-state index contributed by atoms with van der Waals surface area (Å²) in [6.45, 7) is 3.01. The predicted molar refractivity (Wildman–Crippen MR) is 157 cm³/mol. The molecule has 0 aliphatic carbocycles. The number of aromatic nitrogens is 1. The maximum absolute atomic E-state index is 14.5. The van der Waals surface area contributed by atoms with Gasteiger partial charge >= 0.3 is 0 Å². The van der Waals surface area contributed by atoms with Gasteiger partial charge in [-0.15, -0.1) is 34.9 Å². The second-order valence-corrected chi connectivity index (χ2v) is 9.36. The third-order valence-electron chi connectivity index (χ3n) is 6.94. The van der Waals surface area contributed by atoms with Crippen LogP contribution in [0.5, 0.6) is 0 Å². The van der Waals surface area contributed by atoms with Crippen molar-refractivity contribution in [3.05, 3.63) is 89.6 Å². The van der Waals surface area contributed by atoms with Gasteiger partial charge in [0.15, 0.2) is 5.78 Å². The molecule has 1 aromatic heterocycles. The van der Waals surface area contributed by atoms with E-state index in [1.165, 1.54) is 12.1 Å². The molecule has 39 heavy (non-hydrogen) atoms. The number of rotatable bonds is 8. The Hall–Kier alpha value is -2.88. The molecule has 0 saturated heterocycles. The number of carbonyl (C=O) groups is 1. The quantitative estimate of drug-likeness (QED) is 0.0858. The summed E-state index contributed by atoms with van der Waals surface area (Å²) in [6.07, 6.45) is 5.96. The van der Waals surface area contributed by atoms with E-state index in [1.807, 2.05) is 52.0 Å². The number of aryl methyl sites for hydroxylation is 2. The van der Waals surface area contributed by atoms with Crippen molar-refractivity contribution in [2.45, 2.75) is 67.1 Å². The molecular formula is C34H39FIrNO2-. The molecule has 1 heterocycles. The van der Waals surface area contributed by atoms with Crippen molar-refractivity contribution in [2.24, 2.45) is 11.8 Å². The number of halogens is 1. The third kappa shape index (κ3) is 7.83. The van der Waals surface area contributed by atoms with E-state index in [9.17, 15) is 14.3 Å². The van der Waals surface area contributed by atoms with Crippen LogP contribution in [0.25, 0.3) is 32.8 Å². The van der Waals surface area contributed by atoms with Crippen molar-refractivity contribution < 1.29 is 42.6 Å². The van der Waals surface area contributed by atoms with E-state index in [0.717, 1.165) is 48.7 Å².